The van der Waals surface area contributed by atoms with Gasteiger partial charge >= 0.3 is 6.03 Å². The number of nitro benzene ring substituents is 1. The number of anilines is 4. The van der Waals surface area contributed by atoms with Crippen molar-refractivity contribution in [2.24, 2.45) is 0 Å². The van der Waals surface area contributed by atoms with Gasteiger partial charge in [0.25, 0.3) is 11.6 Å². The van der Waals surface area contributed by atoms with Crippen molar-refractivity contribution in [2.45, 2.75) is 0 Å². The number of nitrogens with one attached hydrogen (secondary N) is 3. The van der Waals surface area contributed by atoms with Crippen LogP contribution in [0, 0.1) is 10.1 Å². The summed E-state index contributed by atoms with van der Waals surface area (Å²) < 4.78 is 0. The molecule has 0 unspecified atom stereocenters. The number of carbonyl (C=O) groups excluding carboxylic acids is 2. The first kappa shape index (κ1) is 19.9. The Morgan fingerprint density at radius 3 is 2.39 bits per heavy atom. The van der Waals surface area contributed by atoms with Gasteiger partial charge < -0.3 is 16.0 Å². The number of hydrogen-bond acceptors (Lipinski definition) is 5. The summed E-state index contributed by atoms with van der Waals surface area (Å²) in [7, 11) is 0. The lowest BCUT2D eigenvalue weighted by atomic mass is 10.1. The Bertz CT molecular complexity index is 1130. The first-order chi connectivity index (χ1) is 15.0. The van der Waals surface area contributed by atoms with Crippen molar-refractivity contribution in [2.75, 3.05) is 28.6 Å². The molecule has 9 heteroatoms. The van der Waals surface area contributed by atoms with E-state index in [1.165, 1.54) is 18.2 Å². The highest BCUT2D eigenvalue weighted by Crippen LogP contribution is 2.29. The molecule has 0 bridgehead atoms. The molecular weight excluding hydrogens is 398 g/mol. The molecule has 9 nitrogen and oxygen atoms in total. The number of carbonyl (C=O) groups is 2. The van der Waals surface area contributed by atoms with Gasteiger partial charge in [-0.1, -0.05) is 18.2 Å². The summed E-state index contributed by atoms with van der Waals surface area (Å²) in [6.45, 7) is 1.17. The Balaban J connectivity index is 1.50. The Hall–Kier alpha value is -4.40. The van der Waals surface area contributed by atoms with Crippen LogP contribution in [-0.4, -0.2) is 30.0 Å². The zero-order chi connectivity index (χ0) is 21.8. The fraction of sp³-hybridized carbons (Fsp3) is 0.0909. The number of nitrogens with zero attached hydrogens (tertiary/aromatic N) is 2. The summed E-state index contributed by atoms with van der Waals surface area (Å²) >= 11 is 0. The monoisotopic (exact) mass is 417 g/mol. The van der Waals surface area contributed by atoms with Gasteiger partial charge in [-0.3, -0.25) is 19.8 Å². The molecule has 156 valence electrons. The van der Waals surface area contributed by atoms with Crippen LogP contribution in [0.3, 0.4) is 0 Å². The Labute approximate surface area is 177 Å². The van der Waals surface area contributed by atoms with E-state index in [0.717, 1.165) is 5.69 Å². The average molecular weight is 417 g/mol. The molecular formula is C22H19N5O4. The van der Waals surface area contributed by atoms with E-state index in [9.17, 15) is 19.7 Å². The van der Waals surface area contributed by atoms with Crippen molar-refractivity contribution in [3.05, 3.63) is 88.5 Å². The third-order valence-corrected chi connectivity index (χ3v) is 4.80. The van der Waals surface area contributed by atoms with Crippen molar-refractivity contribution in [1.82, 2.24) is 5.32 Å². The van der Waals surface area contributed by atoms with Crippen molar-refractivity contribution in [3.8, 4) is 0 Å². The van der Waals surface area contributed by atoms with Gasteiger partial charge in [-0.05, 0) is 48.5 Å². The van der Waals surface area contributed by atoms with Gasteiger partial charge in [0.2, 0.25) is 0 Å². The van der Waals surface area contributed by atoms with Gasteiger partial charge in [0.05, 0.1) is 4.92 Å². The highest BCUT2D eigenvalue weighted by molar-refractivity contribution is 6.05. The molecule has 3 aromatic carbocycles. The van der Waals surface area contributed by atoms with Gasteiger partial charge in [0.15, 0.2) is 0 Å². The smallest absolute Gasteiger partial charge is 0.321 e. The van der Waals surface area contributed by atoms with E-state index in [1.54, 1.807) is 41.3 Å². The average Bonchev–Trinajstić information content (AvgIpc) is 3.21. The minimum Gasteiger partial charge on any atom is -0.350 e. The summed E-state index contributed by atoms with van der Waals surface area (Å²) in [6, 6.07) is 20.0. The molecule has 0 spiro atoms. The highest BCUT2D eigenvalue weighted by Gasteiger charge is 2.21. The Morgan fingerprint density at radius 2 is 1.74 bits per heavy atom. The second-order valence-electron chi connectivity index (χ2n) is 6.86. The van der Waals surface area contributed by atoms with E-state index in [-0.39, 0.29) is 17.3 Å². The van der Waals surface area contributed by atoms with E-state index in [2.05, 4.69) is 16.0 Å². The number of benzene rings is 3. The number of urea groups is 1. The number of hydrogen-bond donors (Lipinski definition) is 3. The topological polar surface area (TPSA) is 117 Å². The normalized spacial score (nSPS) is 12.9. The first-order valence-electron chi connectivity index (χ1n) is 9.58. The molecule has 3 N–H and O–H groups in total. The predicted molar refractivity (Wildman–Crippen MR) is 118 cm³/mol. The Morgan fingerprint density at radius 1 is 1.00 bits per heavy atom. The van der Waals surface area contributed by atoms with Crippen LogP contribution in [0.25, 0.3) is 0 Å². The molecule has 1 heterocycles. The molecule has 0 aromatic heterocycles. The number of para-hydroxylation sites is 1. The van der Waals surface area contributed by atoms with E-state index >= 15 is 0 Å². The molecule has 1 aliphatic rings. The lowest BCUT2D eigenvalue weighted by Crippen LogP contribution is -2.27. The zero-order valence-corrected chi connectivity index (χ0v) is 16.4. The highest BCUT2D eigenvalue weighted by atomic mass is 16.6. The SMILES string of the molecule is O=C(Nc1ccc(N2CCNC2=O)cc1)c1ccc(Nc2ccccc2)c([N+](=O)[O-])c1. The van der Waals surface area contributed by atoms with Gasteiger partial charge in [0.1, 0.15) is 5.69 Å². The summed E-state index contributed by atoms with van der Waals surface area (Å²) in [5.74, 6) is -0.471. The summed E-state index contributed by atoms with van der Waals surface area (Å²) in [5.41, 5.74) is 2.19. The molecule has 4 rings (SSSR count). The van der Waals surface area contributed by atoms with Gasteiger partial charge in [-0.2, -0.15) is 0 Å². The van der Waals surface area contributed by atoms with E-state index in [4.69, 9.17) is 0 Å². The fourth-order valence-corrected chi connectivity index (χ4v) is 3.25. The summed E-state index contributed by atoms with van der Waals surface area (Å²) in [5, 5.41) is 20.0. The molecule has 1 aliphatic heterocycles. The minimum atomic E-state index is -0.530. The third-order valence-electron chi connectivity index (χ3n) is 4.80. The third kappa shape index (κ3) is 4.45. The second-order valence-corrected chi connectivity index (χ2v) is 6.86. The van der Waals surface area contributed by atoms with Crippen LogP contribution in [0.4, 0.5) is 33.2 Å². The lowest BCUT2D eigenvalue weighted by molar-refractivity contribution is -0.383. The molecule has 3 aromatic rings. The van der Waals surface area contributed by atoms with E-state index in [1.807, 2.05) is 18.2 Å². The van der Waals surface area contributed by atoms with Crippen LogP contribution in [0.2, 0.25) is 0 Å². The molecule has 1 saturated heterocycles. The number of nitro groups is 1. The van der Waals surface area contributed by atoms with Crippen LogP contribution < -0.4 is 20.9 Å². The molecule has 0 radical (unpaired) electrons. The van der Waals surface area contributed by atoms with Gasteiger partial charge in [-0.25, -0.2) is 4.79 Å². The van der Waals surface area contributed by atoms with Gasteiger partial charge in [0, 0.05) is 41.8 Å². The largest absolute Gasteiger partial charge is 0.350 e. The maximum Gasteiger partial charge on any atom is 0.321 e. The van der Waals surface area contributed by atoms with Crippen molar-refractivity contribution in [3.63, 3.8) is 0 Å². The number of rotatable bonds is 6. The lowest BCUT2D eigenvalue weighted by Gasteiger charge is -2.15. The second kappa shape index (κ2) is 8.54. The Kier molecular flexibility index (Phi) is 5.48. The zero-order valence-electron chi connectivity index (χ0n) is 16.4. The van der Waals surface area contributed by atoms with Crippen LogP contribution >= 0.6 is 0 Å². The van der Waals surface area contributed by atoms with E-state index < -0.39 is 10.8 Å². The number of amides is 3. The van der Waals surface area contributed by atoms with Crippen LogP contribution in [-0.2, 0) is 0 Å². The maximum absolute atomic E-state index is 12.6. The molecule has 3 amide bonds. The van der Waals surface area contributed by atoms with Crippen molar-refractivity contribution in [1.29, 1.82) is 0 Å². The van der Waals surface area contributed by atoms with E-state index in [0.29, 0.717) is 30.2 Å². The van der Waals surface area contributed by atoms with Crippen LogP contribution in [0.15, 0.2) is 72.8 Å². The molecule has 0 atom stereocenters. The summed E-state index contributed by atoms with van der Waals surface area (Å²) in [4.78, 5) is 37.0. The molecule has 1 fully saturated rings. The molecule has 0 saturated carbocycles. The maximum atomic E-state index is 12.6. The van der Waals surface area contributed by atoms with Crippen LogP contribution in [0.1, 0.15) is 10.4 Å². The predicted octanol–water partition coefficient (Wildman–Crippen LogP) is 4.12. The van der Waals surface area contributed by atoms with Crippen molar-refractivity contribution >= 4 is 40.4 Å². The first-order valence-corrected chi connectivity index (χ1v) is 9.58. The minimum absolute atomic E-state index is 0.159. The van der Waals surface area contributed by atoms with Crippen LogP contribution in [0.5, 0.6) is 0 Å². The quantitative estimate of drug-likeness (QED) is 0.412. The van der Waals surface area contributed by atoms with Crippen molar-refractivity contribution < 1.29 is 14.5 Å². The summed E-state index contributed by atoms with van der Waals surface area (Å²) in [6.07, 6.45) is 0. The standard InChI is InChI=1S/C22H19N5O4/c28-21(25-17-7-9-18(10-8-17)26-13-12-23-22(26)29)15-6-11-19(20(14-15)27(30)31)24-16-4-2-1-3-5-16/h1-11,14,24H,12-13H2,(H,23,29)(H,25,28). The fourth-order valence-electron chi connectivity index (χ4n) is 3.25. The molecule has 31 heavy (non-hydrogen) atoms. The molecule has 0 aliphatic carbocycles. The van der Waals surface area contributed by atoms with Gasteiger partial charge in [-0.15, -0.1) is 0 Å².